The van der Waals surface area contributed by atoms with Crippen molar-refractivity contribution in [2.75, 3.05) is 6.54 Å². The van der Waals surface area contributed by atoms with Crippen molar-refractivity contribution in [3.05, 3.63) is 22.4 Å². The molecule has 0 spiro atoms. The van der Waals surface area contributed by atoms with E-state index in [1.165, 1.54) is 4.88 Å². The Hall–Kier alpha value is -0.870. The average molecular weight is 281 g/mol. The van der Waals surface area contributed by atoms with Crippen LogP contribution in [0.2, 0.25) is 0 Å². The molecule has 1 saturated carbocycles. The Morgan fingerprint density at radius 1 is 1.47 bits per heavy atom. The summed E-state index contributed by atoms with van der Waals surface area (Å²) in [7, 11) is 0. The van der Waals surface area contributed by atoms with Crippen molar-refractivity contribution in [3.8, 4) is 0 Å². The van der Waals surface area contributed by atoms with E-state index in [0.717, 1.165) is 32.2 Å². The van der Waals surface area contributed by atoms with E-state index in [1.54, 1.807) is 11.3 Å². The standard InChI is InChI=1S/C15H23NO2S/c1-12(2)16(10-13-6-5-9-19-13)11-15(14(17)18)7-3-4-8-15/h5-6,9,12H,3-4,7-8,10-11H2,1-2H3,(H,17,18). The monoisotopic (exact) mass is 281 g/mol. The van der Waals surface area contributed by atoms with Gasteiger partial charge in [0.25, 0.3) is 0 Å². The molecule has 0 aromatic carbocycles. The third-order valence-corrected chi connectivity index (χ3v) is 5.05. The molecule has 1 N–H and O–H groups in total. The van der Waals surface area contributed by atoms with Crippen molar-refractivity contribution < 1.29 is 9.90 Å². The fourth-order valence-electron chi connectivity index (χ4n) is 2.90. The number of aliphatic carboxylic acids is 1. The predicted octanol–water partition coefficient (Wildman–Crippen LogP) is 3.60. The summed E-state index contributed by atoms with van der Waals surface area (Å²) in [4.78, 5) is 15.3. The molecular formula is C15H23NO2S. The van der Waals surface area contributed by atoms with Crippen molar-refractivity contribution >= 4 is 17.3 Å². The van der Waals surface area contributed by atoms with E-state index in [2.05, 4.69) is 36.3 Å². The van der Waals surface area contributed by atoms with Gasteiger partial charge in [-0.25, -0.2) is 0 Å². The van der Waals surface area contributed by atoms with Crippen molar-refractivity contribution in [1.29, 1.82) is 0 Å². The van der Waals surface area contributed by atoms with Gasteiger partial charge in [-0.2, -0.15) is 0 Å². The molecule has 1 aliphatic rings. The molecule has 0 saturated heterocycles. The number of hydrogen-bond acceptors (Lipinski definition) is 3. The summed E-state index contributed by atoms with van der Waals surface area (Å²) in [5.74, 6) is -0.609. The molecule has 0 atom stereocenters. The smallest absolute Gasteiger partial charge is 0.310 e. The van der Waals surface area contributed by atoms with E-state index in [9.17, 15) is 9.90 Å². The largest absolute Gasteiger partial charge is 0.481 e. The molecule has 1 aromatic heterocycles. The molecule has 0 radical (unpaired) electrons. The SMILES string of the molecule is CC(C)N(Cc1cccs1)CC1(C(=O)O)CCCC1. The molecule has 0 aliphatic heterocycles. The summed E-state index contributed by atoms with van der Waals surface area (Å²) in [6, 6.07) is 4.56. The molecule has 1 aliphatic carbocycles. The molecule has 1 aromatic rings. The summed E-state index contributed by atoms with van der Waals surface area (Å²) >= 11 is 1.74. The highest BCUT2D eigenvalue weighted by molar-refractivity contribution is 7.09. The zero-order chi connectivity index (χ0) is 13.9. The van der Waals surface area contributed by atoms with Crippen molar-refractivity contribution in [3.63, 3.8) is 0 Å². The van der Waals surface area contributed by atoms with Gasteiger partial charge >= 0.3 is 5.97 Å². The van der Waals surface area contributed by atoms with Gasteiger partial charge in [0.15, 0.2) is 0 Å². The summed E-state index contributed by atoms with van der Waals surface area (Å²) < 4.78 is 0. The highest BCUT2D eigenvalue weighted by atomic mass is 32.1. The molecule has 1 heterocycles. The maximum absolute atomic E-state index is 11.7. The molecule has 1 fully saturated rings. The molecule has 4 heteroatoms. The van der Waals surface area contributed by atoms with Crippen LogP contribution in [0.25, 0.3) is 0 Å². The Morgan fingerprint density at radius 3 is 2.63 bits per heavy atom. The Morgan fingerprint density at radius 2 is 2.16 bits per heavy atom. The van der Waals surface area contributed by atoms with E-state index in [1.807, 2.05) is 0 Å². The second-order valence-electron chi connectivity index (χ2n) is 5.87. The maximum Gasteiger partial charge on any atom is 0.310 e. The van der Waals surface area contributed by atoms with E-state index >= 15 is 0 Å². The van der Waals surface area contributed by atoms with Crippen LogP contribution < -0.4 is 0 Å². The third kappa shape index (κ3) is 3.37. The molecule has 0 amide bonds. The zero-order valence-corrected chi connectivity index (χ0v) is 12.6. The summed E-state index contributed by atoms with van der Waals surface area (Å²) in [5, 5.41) is 11.7. The normalized spacial score (nSPS) is 18.3. The number of carboxylic acids is 1. The van der Waals surface area contributed by atoms with Gasteiger partial charge in [0, 0.05) is 24.0 Å². The highest BCUT2D eigenvalue weighted by Crippen LogP contribution is 2.39. The van der Waals surface area contributed by atoms with E-state index in [-0.39, 0.29) is 0 Å². The van der Waals surface area contributed by atoms with Crippen LogP contribution in [0.1, 0.15) is 44.4 Å². The molecule has 0 unspecified atom stereocenters. The minimum absolute atomic E-state index is 0.374. The van der Waals surface area contributed by atoms with Gasteiger partial charge in [-0.15, -0.1) is 11.3 Å². The Labute approximate surface area is 119 Å². The Kier molecular flexibility index (Phi) is 4.63. The minimum Gasteiger partial charge on any atom is -0.481 e. The van der Waals surface area contributed by atoms with Crippen LogP contribution in [0, 0.1) is 5.41 Å². The van der Waals surface area contributed by atoms with Gasteiger partial charge in [-0.3, -0.25) is 9.69 Å². The van der Waals surface area contributed by atoms with Gasteiger partial charge < -0.3 is 5.11 Å². The molecule has 3 nitrogen and oxygen atoms in total. The van der Waals surface area contributed by atoms with E-state index < -0.39 is 11.4 Å². The van der Waals surface area contributed by atoms with Crippen LogP contribution >= 0.6 is 11.3 Å². The first kappa shape index (κ1) is 14.5. The first-order valence-corrected chi connectivity index (χ1v) is 7.91. The minimum atomic E-state index is -0.609. The molecule has 19 heavy (non-hydrogen) atoms. The predicted molar refractivity (Wildman–Crippen MR) is 78.4 cm³/mol. The first-order chi connectivity index (χ1) is 9.03. The van der Waals surface area contributed by atoms with E-state index in [4.69, 9.17) is 0 Å². The molecule has 2 rings (SSSR count). The number of nitrogens with zero attached hydrogens (tertiary/aromatic N) is 1. The topological polar surface area (TPSA) is 40.5 Å². The van der Waals surface area contributed by atoms with Crippen molar-refractivity contribution in [1.82, 2.24) is 4.90 Å². The van der Waals surface area contributed by atoms with Gasteiger partial charge in [0.1, 0.15) is 0 Å². The van der Waals surface area contributed by atoms with Crippen LogP contribution in [-0.4, -0.2) is 28.6 Å². The molecule has 0 bridgehead atoms. The molecular weight excluding hydrogens is 258 g/mol. The van der Waals surface area contributed by atoms with Crippen LogP contribution in [0.5, 0.6) is 0 Å². The fourth-order valence-corrected chi connectivity index (χ4v) is 3.63. The Balaban J connectivity index is 2.09. The zero-order valence-electron chi connectivity index (χ0n) is 11.8. The third-order valence-electron chi connectivity index (χ3n) is 4.19. The van der Waals surface area contributed by atoms with Crippen molar-refractivity contribution in [2.24, 2.45) is 5.41 Å². The average Bonchev–Trinajstić information content (AvgIpc) is 2.99. The number of thiophene rings is 1. The van der Waals surface area contributed by atoms with Crippen LogP contribution in [0.15, 0.2) is 17.5 Å². The summed E-state index contributed by atoms with van der Waals surface area (Å²) in [6.45, 7) is 5.85. The van der Waals surface area contributed by atoms with Gasteiger partial charge in [0.2, 0.25) is 0 Å². The van der Waals surface area contributed by atoms with Crippen LogP contribution in [-0.2, 0) is 11.3 Å². The molecule has 106 valence electrons. The lowest BCUT2D eigenvalue weighted by Crippen LogP contribution is -2.43. The number of hydrogen-bond donors (Lipinski definition) is 1. The van der Waals surface area contributed by atoms with Crippen LogP contribution in [0.3, 0.4) is 0 Å². The maximum atomic E-state index is 11.7. The second kappa shape index (κ2) is 6.06. The lowest BCUT2D eigenvalue weighted by Gasteiger charge is -2.34. The lowest BCUT2D eigenvalue weighted by molar-refractivity contribution is -0.150. The summed E-state index contributed by atoms with van der Waals surface area (Å²) in [6.07, 6.45) is 3.76. The van der Waals surface area contributed by atoms with Gasteiger partial charge in [0.05, 0.1) is 5.41 Å². The highest BCUT2D eigenvalue weighted by Gasteiger charge is 2.42. The van der Waals surface area contributed by atoms with Crippen LogP contribution in [0.4, 0.5) is 0 Å². The number of carboxylic acid groups (broad SMARTS) is 1. The summed E-state index contributed by atoms with van der Waals surface area (Å²) in [5.41, 5.74) is -0.512. The van der Waals surface area contributed by atoms with Gasteiger partial charge in [-0.05, 0) is 38.1 Å². The lowest BCUT2D eigenvalue weighted by atomic mass is 9.85. The number of carbonyl (C=O) groups is 1. The van der Waals surface area contributed by atoms with Crippen molar-refractivity contribution in [2.45, 2.75) is 52.1 Å². The first-order valence-electron chi connectivity index (χ1n) is 7.03. The Bertz CT molecular complexity index is 408. The fraction of sp³-hybridized carbons (Fsp3) is 0.667. The van der Waals surface area contributed by atoms with E-state index in [0.29, 0.717) is 12.6 Å². The second-order valence-corrected chi connectivity index (χ2v) is 6.90. The number of rotatable bonds is 6. The quantitative estimate of drug-likeness (QED) is 0.866. The van der Waals surface area contributed by atoms with Gasteiger partial charge in [-0.1, -0.05) is 18.9 Å².